The second kappa shape index (κ2) is 5.12. The van der Waals surface area contributed by atoms with E-state index in [1.165, 1.54) is 0 Å². The largest absolute Gasteiger partial charge is 0.478 e. The normalized spacial score (nSPS) is 14.0. The van der Waals surface area contributed by atoms with Gasteiger partial charge < -0.3 is 19.7 Å². The lowest BCUT2D eigenvalue weighted by Crippen LogP contribution is -2.36. The van der Waals surface area contributed by atoms with Crippen molar-refractivity contribution in [3.8, 4) is 0 Å². The predicted octanol–water partition coefficient (Wildman–Crippen LogP) is 2.38. The minimum absolute atomic E-state index is 0.248. The minimum Gasteiger partial charge on any atom is -0.478 e. The number of carboxylic acids is 1. The summed E-state index contributed by atoms with van der Waals surface area (Å²) in [6, 6.07) is 5.00. The first-order valence-corrected chi connectivity index (χ1v) is 6.88. The SMILES string of the molecule is CCOC(=O)N1CCc2[nH]c3ccc(C(=O)O)cc3c2C1. The van der Waals surface area contributed by atoms with Crippen molar-refractivity contribution in [2.24, 2.45) is 0 Å². The fraction of sp³-hybridized carbons (Fsp3) is 0.333. The number of hydrogen-bond acceptors (Lipinski definition) is 3. The molecule has 6 nitrogen and oxygen atoms in total. The van der Waals surface area contributed by atoms with Crippen LogP contribution in [0.3, 0.4) is 0 Å². The van der Waals surface area contributed by atoms with E-state index in [9.17, 15) is 9.59 Å². The lowest BCUT2D eigenvalue weighted by molar-refractivity contribution is 0.0696. The number of carbonyl (C=O) groups is 2. The van der Waals surface area contributed by atoms with Crippen molar-refractivity contribution < 1.29 is 19.4 Å². The molecule has 0 saturated carbocycles. The molecule has 2 aromatic rings. The monoisotopic (exact) mass is 288 g/mol. The van der Waals surface area contributed by atoms with Crippen LogP contribution in [0.15, 0.2) is 18.2 Å². The highest BCUT2D eigenvalue weighted by molar-refractivity contribution is 5.95. The van der Waals surface area contributed by atoms with Crippen molar-refractivity contribution in [2.45, 2.75) is 19.9 Å². The van der Waals surface area contributed by atoms with Gasteiger partial charge in [-0.25, -0.2) is 9.59 Å². The Morgan fingerprint density at radius 2 is 2.24 bits per heavy atom. The molecular weight excluding hydrogens is 272 g/mol. The summed E-state index contributed by atoms with van der Waals surface area (Å²) in [6.07, 6.45) is 0.387. The van der Waals surface area contributed by atoms with Crippen LogP contribution in [0.5, 0.6) is 0 Å². The zero-order valence-corrected chi connectivity index (χ0v) is 11.7. The van der Waals surface area contributed by atoms with Crippen molar-refractivity contribution in [1.29, 1.82) is 0 Å². The highest BCUT2D eigenvalue weighted by Crippen LogP contribution is 2.28. The fourth-order valence-corrected chi connectivity index (χ4v) is 2.72. The second-order valence-electron chi connectivity index (χ2n) is 5.02. The predicted molar refractivity (Wildman–Crippen MR) is 76.4 cm³/mol. The number of rotatable bonds is 2. The Kier molecular flexibility index (Phi) is 3.29. The van der Waals surface area contributed by atoms with E-state index in [0.29, 0.717) is 26.1 Å². The summed E-state index contributed by atoms with van der Waals surface area (Å²) >= 11 is 0. The van der Waals surface area contributed by atoms with Crippen LogP contribution in [0.1, 0.15) is 28.5 Å². The molecular formula is C15H16N2O4. The van der Waals surface area contributed by atoms with Crippen LogP contribution in [0.2, 0.25) is 0 Å². The van der Waals surface area contributed by atoms with Crippen molar-refractivity contribution in [2.75, 3.05) is 13.2 Å². The Morgan fingerprint density at radius 1 is 1.43 bits per heavy atom. The number of H-pyrrole nitrogens is 1. The van der Waals surface area contributed by atoms with Crippen molar-refractivity contribution >= 4 is 23.0 Å². The summed E-state index contributed by atoms with van der Waals surface area (Å²) in [5.41, 5.74) is 3.19. The first-order valence-electron chi connectivity index (χ1n) is 6.88. The molecule has 2 heterocycles. The smallest absolute Gasteiger partial charge is 0.410 e. The summed E-state index contributed by atoms with van der Waals surface area (Å²) in [7, 11) is 0. The first-order chi connectivity index (χ1) is 10.1. The van der Waals surface area contributed by atoms with Gasteiger partial charge in [-0.2, -0.15) is 0 Å². The summed E-state index contributed by atoms with van der Waals surface area (Å²) in [5, 5.41) is 9.96. The molecule has 21 heavy (non-hydrogen) atoms. The maximum absolute atomic E-state index is 11.8. The van der Waals surface area contributed by atoms with Crippen LogP contribution in [0.4, 0.5) is 4.79 Å². The number of fused-ring (bicyclic) bond motifs is 3. The molecule has 1 aromatic carbocycles. The van der Waals surface area contributed by atoms with Crippen LogP contribution >= 0.6 is 0 Å². The Labute approximate surface area is 121 Å². The maximum atomic E-state index is 11.8. The zero-order valence-electron chi connectivity index (χ0n) is 11.7. The van der Waals surface area contributed by atoms with E-state index in [1.54, 1.807) is 30.0 Å². The van der Waals surface area contributed by atoms with Crippen LogP contribution in [-0.2, 0) is 17.7 Å². The molecule has 1 aliphatic rings. The van der Waals surface area contributed by atoms with Crippen LogP contribution in [0.25, 0.3) is 10.9 Å². The number of benzene rings is 1. The summed E-state index contributed by atoms with van der Waals surface area (Å²) < 4.78 is 5.03. The molecule has 0 unspecified atom stereocenters. The van der Waals surface area contributed by atoms with Gasteiger partial charge in [-0.15, -0.1) is 0 Å². The minimum atomic E-state index is -0.954. The van der Waals surface area contributed by atoms with Crippen molar-refractivity contribution in [1.82, 2.24) is 9.88 Å². The Morgan fingerprint density at radius 3 is 2.95 bits per heavy atom. The van der Waals surface area contributed by atoms with Gasteiger partial charge in [0.2, 0.25) is 0 Å². The van der Waals surface area contributed by atoms with Crippen molar-refractivity contribution in [3.63, 3.8) is 0 Å². The third-order valence-corrected chi connectivity index (χ3v) is 3.75. The molecule has 0 fully saturated rings. The molecule has 2 N–H and O–H groups in total. The molecule has 0 bridgehead atoms. The number of hydrogen-bond donors (Lipinski definition) is 2. The summed E-state index contributed by atoms with van der Waals surface area (Å²) in [6.45, 7) is 3.17. The number of carbonyl (C=O) groups excluding carboxylic acids is 1. The van der Waals surface area contributed by atoms with E-state index in [0.717, 1.165) is 22.2 Å². The van der Waals surface area contributed by atoms with Crippen LogP contribution in [-0.4, -0.2) is 40.2 Å². The Hall–Kier alpha value is -2.50. The molecule has 110 valence electrons. The van der Waals surface area contributed by atoms with Gasteiger partial charge in [0.15, 0.2) is 0 Å². The average Bonchev–Trinajstić information content (AvgIpc) is 2.84. The van der Waals surface area contributed by atoms with Gasteiger partial charge in [0.05, 0.1) is 18.7 Å². The molecule has 1 aromatic heterocycles. The van der Waals surface area contributed by atoms with E-state index in [2.05, 4.69) is 4.98 Å². The molecule has 0 aliphatic carbocycles. The molecule has 3 rings (SSSR count). The number of nitrogens with one attached hydrogen (secondary N) is 1. The molecule has 0 radical (unpaired) electrons. The van der Waals surface area contributed by atoms with Gasteiger partial charge in [0, 0.05) is 35.1 Å². The number of aromatic amines is 1. The first kappa shape index (κ1) is 13.5. The molecule has 0 spiro atoms. The van der Waals surface area contributed by atoms with Crippen LogP contribution in [0, 0.1) is 0 Å². The number of ether oxygens (including phenoxy) is 1. The summed E-state index contributed by atoms with van der Waals surface area (Å²) in [4.78, 5) is 27.9. The highest BCUT2D eigenvalue weighted by atomic mass is 16.6. The number of aromatic nitrogens is 1. The van der Waals surface area contributed by atoms with Gasteiger partial charge >= 0.3 is 12.1 Å². The van der Waals surface area contributed by atoms with Crippen molar-refractivity contribution in [3.05, 3.63) is 35.0 Å². The lowest BCUT2D eigenvalue weighted by atomic mass is 10.0. The number of carboxylic acid groups (broad SMARTS) is 1. The Bertz CT molecular complexity index is 720. The zero-order chi connectivity index (χ0) is 15.0. The molecule has 6 heteroatoms. The van der Waals surface area contributed by atoms with E-state index in [-0.39, 0.29) is 11.7 Å². The van der Waals surface area contributed by atoms with Gasteiger partial charge in [-0.05, 0) is 25.1 Å². The summed E-state index contributed by atoms with van der Waals surface area (Å²) in [5.74, 6) is -0.954. The lowest BCUT2D eigenvalue weighted by Gasteiger charge is -2.26. The quantitative estimate of drug-likeness (QED) is 0.888. The fourth-order valence-electron chi connectivity index (χ4n) is 2.72. The van der Waals surface area contributed by atoms with E-state index >= 15 is 0 Å². The van der Waals surface area contributed by atoms with Crippen LogP contribution < -0.4 is 0 Å². The topological polar surface area (TPSA) is 82.6 Å². The average molecular weight is 288 g/mol. The maximum Gasteiger partial charge on any atom is 0.410 e. The number of amides is 1. The van der Waals surface area contributed by atoms with Gasteiger partial charge in [-0.1, -0.05) is 0 Å². The van der Waals surface area contributed by atoms with E-state index in [4.69, 9.17) is 9.84 Å². The van der Waals surface area contributed by atoms with Gasteiger partial charge in [0.1, 0.15) is 0 Å². The standard InChI is InChI=1S/C15H16N2O4/c1-2-21-15(20)17-6-5-13-11(8-17)10-7-9(14(18)19)3-4-12(10)16-13/h3-4,7,16H,2,5-6,8H2,1H3,(H,18,19). The number of aromatic carboxylic acids is 1. The highest BCUT2D eigenvalue weighted by Gasteiger charge is 2.25. The van der Waals surface area contributed by atoms with E-state index < -0.39 is 5.97 Å². The second-order valence-corrected chi connectivity index (χ2v) is 5.02. The molecule has 0 atom stereocenters. The number of nitrogens with zero attached hydrogens (tertiary/aromatic N) is 1. The molecule has 1 aliphatic heterocycles. The van der Waals surface area contributed by atoms with Gasteiger partial charge in [-0.3, -0.25) is 0 Å². The Balaban J connectivity index is 1.99. The molecule has 1 amide bonds. The van der Waals surface area contributed by atoms with Gasteiger partial charge in [0.25, 0.3) is 0 Å². The third kappa shape index (κ3) is 2.33. The third-order valence-electron chi connectivity index (χ3n) is 3.75. The van der Waals surface area contributed by atoms with E-state index in [1.807, 2.05) is 0 Å². The molecule has 0 saturated heterocycles.